The first-order chi connectivity index (χ1) is 10.1. The Kier molecular flexibility index (Phi) is 4.19. The van der Waals surface area contributed by atoms with Gasteiger partial charge in [-0.15, -0.1) is 0 Å². The summed E-state index contributed by atoms with van der Waals surface area (Å²) in [5.74, 6) is 1.33. The SMILES string of the molecule is NS(=O)(=O)c1ccccc1N1CCC(C2CCOCC2)C1. The van der Waals surface area contributed by atoms with Gasteiger partial charge in [-0.3, -0.25) is 0 Å². The van der Waals surface area contributed by atoms with Gasteiger partial charge in [-0.05, 0) is 43.2 Å². The number of ether oxygens (including phenoxy) is 1. The van der Waals surface area contributed by atoms with E-state index in [-0.39, 0.29) is 4.90 Å². The second kappa shape index (κ2) is 5.94. The topological polar surface area (TPSA) is 72.6 Å². The molecule has 2 aliphatic heterocycles. The molecule has 0 saturated carbocycles. The van der Waals surface area contributed by atoms with Crippen molar-refractivity contribution in [2.75, 3.05) is 31.2 Å². The van der Waals surface area contributed by atoms with Crippen LogP contribution in [0.2, 0.25) is 0 Å². The van der Waals surface area contributed by atoms with Gasteiger partial charge in [0.2, 0.25) is 10.0 Å². The van der Waals surface area contributed by atoms with Crippen LogP contribution in [0, 0.1) is 11.8 Å². The van der Waals surface area contributed by atoms with Crippen LogP contribution in [0.15, 0.2) is 29.2 Å². The Morgan fingerprint density at radius 2 is 1.81 bits per heavy atom. The van der Waals surface area contributed by atoms with Crippen molar-refractivity contribution < 1.29 is 13.2 Å². The number of hydrogen-bond donors (Lipinski definition) is 1. The van der Waals surface area contributed by atoms with Gasteiger partial charge >= 0.3 is 0 Å². The maximum atomic E-state index is 11.7. The van der Waals surface area contributed by atoms with Crippen LogP contribution >= 0.6 is 0 Å². The molecule has 0 amide bonds. The van der Waals surface area contributed by atoms with Gasteiger partial charge in [0, 0.05) is 26.3 Å². The number of rotatable bonds is 3. The first-order valence-corrected chi connectivity index (χ1v) is 9.05. The van der Waals surface area contributed by atoms with Crippen molar-refractivity contribution >= 4 is 15.7 Å². The molecular weight excluding hydrogens is 288 g/mol. The van der Waals surface area contributed by atoms with Crippen LogP contribution in [0.3, 0.4) is 0 Å². The fourth-order valence-corrected chi connectivity index (χ4v) is 4.29. The van der Waals surface area contributed by atoms with Crippen LogP contribution in [-0.4, -0.2) is 34.7 Å². The molecule has 2 fully saturated rings. The zero-order valence-electron chi connectivity index (χ0n) is 12.1. The second-order valence-electron chi connectivity index (χ2n) is 5.96. The van der Waals surface area contributed by atoms with E-state index in [9.17, 15) is 8.42 Å². The van der Waals surface area contributed by atoms with E-state index in [1.54, 1.807) is 12.1 Å². The van der Waals surface area contributed by atoms with Gasteiger partial charge in [-0.25, -0.2) is 13.6 Å². The molecule has 2 saturated heterocycles. The zero-order chi connectivity index (χ0) is 14.9. The van der Waals surface area contributed by atoms with Gasteiger partial charge < -0.3 is 9.64 Å². The van der Waals surface area contributed by atoms with Gasteiger partial charge in [-0.1, -0.05) is 12.1 Å². The molecule has 0 aliphatic carbocycles. The normalized spacial score (nSPS) is 24.4. The Balaban J connectivity index is 1.77. The average Bonchev–Trinajstić information content (AvgIpc) is 2.97. The lowest BCUT2D eigenvalue weighted by atomic mass is 9.85. The number of nitrogens with zero attached hydrogens (tertiary/aromatic N) is 1. The van der Waals surface area contributed by atoms with Crippen molar-refractivity contribution in [2.24, 2.45) is 17.0 Å². The van der Waals surface area contributed by atoms with Crippen LogP contribution < -0.4 is 10.0 Å². The summed E-state index contributed by atoms with van der Waals surface area (Å²) in [5, 5.41) is 5.33. The number of nitrogens with two attached hydrogens (primary N) is 1. The summed E-state index contributed by atoms with van der Waals surface area (Å²) in [4.78, 5) is 2.40. The largest absolute Gasteiger partial charge is 0.381 e. The predicted octanol–water partition coefficient (Wildman–Crippen LogP) is 1.59. The second-order valence-corrected chi connectivity index (χ2v) is 7.49. The van der Waals surface area contributed by atoms with E-state index in [1.165, 1.54) is 0 Å². The first kappa shape index (κ1) is 14.8. The predicted molar refractivity (Wildman–Crippen MR) is 81.7 cm³/mol. The van der Waals surface area contributed by atoms with Crippen molar-refractivity contribution in [3.05, 3.63) is 24.3 Å². The highest BCUT2D eigenvalue weighted by atomic mass is 32.2. The quantitative estimate of drug-likeness (QED) is 0.920. The van der Waals surface area contributed by atoms with Gasteiger partial charge in [0.25, 0.3) is 0 Å². The minimum absolute atomic E-state index is 0.234. The zero-order valence-corrected chi connectivity index (χ0v) is 12.9. The summed E-state index contributed by atoms with van der Waals surface area (Å²) in [7, 11) is -3.67. The number of anilines is 1. The standard InChI is InChI=1S/C15H22N2O3S/c16-21(18,19)15-4-2-1-3-14(15)17-8-5-13(11-17)12-6-9-20-10-7-12/h1-4,12-13H,5-11H2,(H2,16,18,19). The number of primary sulfonamides is 1. The maximum Gasteiger partial charge on any atom is 0.240 e. The highest BCUT2D eigenvalue weighted by molar-refractivity contribution is 7.89. The van der Waals surface area contributed by atoms with Crippen LogP contribution in [0.25, 0.3) is 0 Å². The van der Waals surface area contributed by atoms with E-state index in [2.05, 4.69) is 4.90 Å². The van der Waals surface area contributed by atoms with Crippen LogP contribution in [0.1, 0.15) is 19.3 Å². The molecule has 116 valence electrons. The highest BCUT2D eigenvalue weighted by Gasteiger charge is 2.32. The van der Waals surface area contributed by atoms with E-state index >= 15 is 0 Å². The molecule has 1 atom stereocenters. The minimum atomic E-state index is -3.67. The number of benzene rings is 1. The molecule has 0 spiro atoms. The first-order valence-electron chi connectivity index (χ1n) is 7.50. The maximum absolute atomic E-state index is 11.7. The third kappa shape index (κ3) is 3.22. The number of para-hydroxylation sites is 1. The summed E-state index contributed by atoms with van der Waals surface area (Å²) in [6.07, 6.45) is 3.36. The molecule has 0 bridgehead atoms. The average molecular weight is 310 g/mol. The van der Waals surface area contributed by atoms with Crippen LogP contribution in [0.5, 0.6) is 0 Å². The molecule has 2 heterocycles. The Morgan fingerprint density at radius 1 is 1.10 bits per heavy atom. The fraction of sp³-hybridized carbons (Fsp3) is 0.600. The van der Waals surface area contributed by atoms with Crippen LogP contribution in [-0.2, 0) is 14.8 Å². The van der Waals surface area contributed by atoms with E-state index in [4.69, 9.17) is 9.88 Å². The Hall–Kier alpha value is -1.11. The summed E-state index contributed by atoms with van der Waals surface area (Å²) in [6.45, 7) is 3.52. The molecule has 1 aromatic rings. The molecule has 1 unspecified atom stereocenters. The van der Waals surface area contributed by atoms with Crippen molar-refractivity contribution in [3.8, 4) is 0 Å². The van der Waals surface area contributed by atoms with Crippen molar-refractivity contribution in [1.82, 2.24) is 0 Å². The minimum Gasteiger partial charge on any atom is -0.381 e. The third-order valence-electron chi connectivity index (χ3n) is 4.67. The monoisotopic (exact) mass is 310 g/mol. The molecule has 0 aromatic heterocycles. The Labute approximate surface area is 126 Å². The molecule has 2 N–H and O–H groups in total. The van der Waals surface area contributed by atoms with Gasteiger partial charge in [0.05, 0.1) is 5.69 Å². The third-order valence-corrected chi connectivity index (χ3v) is 5.63. The molecule has 0 radical (unpaired) electrons. The highest BCUT2D eigenvalue weighted by Crippen LogP contribution is 2.35. The molecule has 1 aromatic carbocycles. The molecule has 3 rings (SSSR count). The van der Waals surface area contributed by atoms with Crippen molar-refractivity contribution in [1.29, 1.82) is 0 Å². The van der Waals surface area contributed by atoms with Gasteiger partial charge in [0.15, 0.2) is 0 Å². The van der Waals surface area contributed by atoms with E-state index in [0.717, 1.165) is 51.3 Å². The van der Waals surface area contributed by atoms with Crippen molar-refractivity contribution in [3.63, 3.8) is 0 Å². The van der Waals surface area contributed by atoms with E-state index in [1.807, 2.05) is 12.1 Å². The smallest absolute Gasteiger partial charge is 0.240 e. The molecule has 6 heteroatoms. The van der Waals surface area contributed by atoms with E-state index in [0.29, 0.717) is 11.8 Å². The number of hydrogen-bond acceptors (Lipinski definition) is 4. The molecule has 5 nitrogen and oxygen atoms in total. The summed E-state index contributed by atoms with van der Waals surface area (Å²) in [6, 6.07) is 7.03. The van der Waals surface area contributed by atoms with Gasteiger partial charge in [-0.2, -0.15) is 0 Å². The summed E-state index contributed by atoms with van der Waals surface area (Å²) >= 11 is 0. The lowest BCUT2D eigenvalue weighted by Crippen LogP contribution is -2.28. The Bertz CT molecular complexity index is 597. The molecular formula is C15H22N2O3S. The van der Waals surface area contributed by atoms with Crippen LogP contribution in [0.4, 0.5) is 5.69 Å². The summed E-state index contributed by atoms with van der Waals surface area (Å²) in [5.41, 5.74) is 0.745. The molecule has 21 heavy (non-hydrogen) atoms. The van der Waals surface area contributed by atoms with E-state index < -0.39 is 10.0 Å². The lowest BCUT2D eigenvalue weighted by Gasteiger charge is -2.28. The molecule has 2 aliphatic rings. The number of sulfonamides is 1. The van der Waals surface area contributed by atoms with Crippen molar-refractivity contribution in [2.45, 2.75) is 24.2 Å². The lowest BCUT2D eigenvalue weighted by molar-refractivity contribution is 0.0500. The Morgan fingerprint density at radius 3 is 2.52 bits per heavy atom. The summed E-state index contributed by atoms with van der Waals surface area (Å²) < 4.78 is 28.9. The fourth-order valence-electron chi connectivity index (χ4n) is 3.54. The van der Waals surface area contributed by atoms with Gasteiger partial charge in [0.1, 0.15) is 4.90 Å².